The number of imidazole rings is 1. The van der Waals surface area contributed by atoms with Crippen molar-refractivity contribution in [1.29, 1.82) is 0 Å². The lowest BCUT2D eigenvalue weighted by Gasteiger charge is -2.07. The van der Waals surface area contributed by atoms with Crippen LogP contribution in [0.25, 0.3) is 11.2 Å². The van der Waals surface area contributed by atoms with Gasteiger partial charge in [-0.15, -0.1) is 0 Å². The number of nitrogens with zero attached hydrogens (tertiary/aromatic N) is 3. The second-order valence-electron chi connectivity index (χ2n) is 6.41. The Morgan fingerprint density at radius 1 is 1.00 bits per heavy atom. The van der Waals surface area contributed by atoms with Gasteiger partial charge < -0.3 is 10.6 Å². The van der Waals surface area contributed by atoms with Crippen LogP contribution in [0.2, 0.25) is 0 Å². The SMILES string of the molecule is Cc1cccc(NC(=O)CCC(=O)Nc2ccc3c(n2)n(C)c(=O)n3C)c1. The Morgan fingerprint density at radius 3 is 2.41 bits per heavy atom. The van der Waals surface area contributed by atoms with E-state index in [0.717, 1.165) is 5.56 Å². The van der Waals surface area contributed by atoms with Gasteiger partial charge in [0.15, 0.2) is 5.65 Å². The first-order chi connectivity index (χ1) is 12.8. The van der Waals surface area contributed by atoms with Gasteiger partial charge in [-0.1, -0.05) is 12.1 Å². The molecule has 2 heterocycles. The lowest BCUT2D eigenvalue weighted by molar-refractivity contribution is -0.121. The number of aromatic nitrogens is 3. The van der Waals surface area contributed by atoms with Crippen LogP contribution < -0.4 is 16.3 Å². The number of nitrogens with one attached hydrogen (secondary N) is 2. The molecule has 3 aromatic rings. The summed E-state index contributed by atoms with van der Waals surface area (Å²) in [5.41, 5.74) is 2.73. The molecule has 0 bridgehead atoms. The summed E-state index contributed by atoms with van der Waals surface area (Å²) in [6.45, 7) is 1.94. The van der Waals surface area contributed by atoms with E-state index in [-0.39, 0.29) is 30.3 Å². The van der Waals surface area contributed by atoms with Crippen LogP contribution in [0.15, 0.2) is 41.2 Å². The number of hydrogen-bond acceptors (Lipinski definition) is 4. The fourth-order valence-corrected chi connectivity index (χ4v) is 2.82. The Morgan fingerprint density at radius 2 is 1.70 bits per heavy atom. The molecule has 0 atom stereocenters. The second kappa shape index (κ2) is 7.45. The van der Waals surface area contributed by atoms with E-state index in [9.17, 15) is 14.4 Å². The third-order valence-corrected chi connectivity index (χ3v) is 4.26. The topological polar surface area (TPSA) is 98.0 Å². The molecule has 0 aliphatic rings. The molecule has 1 aromatic carbocycles. The number of carbonyl (C=O) groups is 2. The van der Waals surface area contributed by atoms with Crippen molar-refractivity contribution >= 4 is 34.5 Å². The number of hydrogen-bond donors (Lipinski definition) is 2. The van der Waals surface area contributed by atoms with Gasteiger partial charge in [0.25, 0.3) is 0 Å². The molecule has 0 aliphatic heterocycles. The lowest BCUT2D eigenvalue weighted by Crippen LogP contribution is -2.19. The molecule has 0 unspecified atom stereocenters. The highest BCUT2D eigenvalue weighted by Crippen LogP contribution is 2.14. The van der Waals surface area contributed by atoms with Crippen molar-refractivity contribution < 1.29 is 9.59 Å². The first-order valence-corrected chi connectivity index (χ1v) is 8.54. The predicted molar refractivity (Wildman–Crippen MR) is 104 cm³/mol. The van der Waals surface area contributed by atoms with E-state index in [1.165, 1.54) is 9.13 Å². The molecular formula is C19H21N5O3. The monoisotopic (exact) mass is 367 g/mol. The van der Waals surface area contributed by atoms with Crippen LogP contribution in [0.4, 0.5) is 11.5 Å². The number of anilines is 2. The van der Waals surface area contributed by atoms with E-state index in [1.54, 1.807) is 32.3 Å². The van der Waals surface area contributed by atoms with E-state index >= 15 is 0 Å². The lowest BCUT2D eigenvalue weighted by atomic mass is 10.2. The maximum Gasteiger partial charge on any atom is 0.329 e. The van der Waals surface area contributed by atoms with Crippen molar-refractivity contribution in [2.45, 2.75) is 19.8 Å². The fraction of sp³-hybridized carbons (Fsp3) is 0.263. The van der Waals surface area contributed by atoms with Crippen LogP contribution in [0.5, 0.6) is 0 Å². The molecule has 27 heavy (non-hydrogen) atoms. The van der Waals surface area contributed by atoms with Crippen LogP contribution in [0, 0.1) is 6.92 Å². The van der Waals surface area contributed by atoms with Gasteiger partial charge in [0.2, 0.25) is 11.8 Å². The first-order valence-electron chi connectivity index (χ1n) is 8.54. The molecule has 0 saturated heterocycles. The first kappa shape index (κ1) is 18.4. The maximum atomic E-state index is 12.1. The molecule has 0 spiro atoms. The van der Waals surface area contributed by atoms with Crippen LogP contribution >= 0.6 is 0 Å². The third kappa shape index (κ3) is 4.05. The van der Waals surface area contributed by atoms with Gasteiger partial charge in [-0.2, -0.15) is 0 Å². The quantitative estimate of drug-likeness (QED) is 0.720. The summed E-state index contributed by atoms with van der Waals surface area (Å²) >= 11 is 0. The highest BCUT2D eigenvalue weighted by Gasteiger charge is 2.12. The van der Waals surface area contributed by atoms with E-state index in [2.05, 4.69) is 15.6 Å². The predicted octanol–water partition coefficient (Wildman–Crippen LogP) is 1.94. The Kier molecular flexibility index (Phi) is 5.07. The summed E-state index contributed by atoms with van der Waals surface area (Å²) in [5.74, 6) is -0.209. The van der Waals surface area contributed by atoms with Crippen LogP contribution in [0.3, 0.4) is 0 Å². The van der Waals surface area contributed by atoms with Gasteiger partial charge in [0.05, 0.1) is 5.52 Å². The summed E-state index contributed by atoms with van der Waals surface area (Å²) in [7, 11) is 3.29. The van der Waals surface area contributed by atoms with Crippen molar-refractivity contribution in [2.24, 2.45) is 14.1 Å². The van der Waals surface area contributed by atoms with E-state index in [0.29, 0.717) is 22.7 Å². The summed E-state index contributed by atoms with van der Waals surface area (Å²) in [5, 5.41) is 5.43. The average molecular weight is 367 g/mol. The molecule has 0 saturated carbocycles. The van der Waals surface area contributed by atoms with Gasteiger partial charge in [-0.3, -0.25) is 18.7 Å². The number of fused-ring (bicyclic) bond motifs is 1. The minimum atomic E-state index is -0.317. The number of aryl methyl sites for hydroxylation is 3. The normalized spacial score (nSPS) is 10.8. The maximum absolute atomic E-state index is 12.1. The largest absolute Gasteiger partial charge is 0.329 e. The van der Waals surface area contributed by atoms with Crippen LogP contribution in [-0.4, -0.2) is 25.9 Å². The number of rotatable bonds is 5. The second-order valence-corrected chi connectivity index (χ2v) is 6.41. The average Bonchev–Trinajstić information content (AvgIpc) is 2.84. The van der Waals surface area contributed by atoms with Crippen LogP contribution in [-0.2, 0) is 23.7 Å². The number of carbonyl (C=O) groups excluding carboxylic acids is 2. The zero-order valence-corrected chi connectivity index (χ0v) is 15.4. The molecule has 2 aromatic heterocycles. The highest BCUT2D eigenvalue weighted by atomic mass is 16.2. The third-order valence-electron chi connectivity index (χ3n) is 4.26. The van der Waals surface area contributed by atoms with Crippen molar-refractivity contribution in [3.8, 4) is 0 Å². The molecule has 8 heteroatoms. The summed E-state index contributed by atoms with van der Waals surface area (Å²) in [4.78, 5) is 40.3. The standard InChI is InChI=1S/C19H21N5O3/c1-12-5-4-6-13(11-12)20-16(25)9-10-17(26)21-15-8-7-14-18(22-15)24(3)19(27)23(14)2/h4-8,11H,9-10H2,1-3H3,(H,20,25)(H,21,22,26). The molecule has 140 valence electrons. The van der Waals surface area contributed by atoms with Crippen molar-refractivity contribution in [3.05, 3.63) is 52.4 Å². The van der Waals surface area contributed by atoms with E-state index in [1.807, 2.05) is 25.1 Å². The molecule has 2 amide bonds. The Hall–Kier alpha value is -3.42. The summed E-state index contributed by atoms with van der Waals surface area (Å²) < 4.78 is 2.91. The van der Waals surface area contributed by atoms with E-state index in [4.69, 9.17) is 0 Å². The van der Waals surface area contributed by atoms with Crippen molar-refractivity contribution in [1.82, 2.24) is 14.1 Å². The van der Waals surface area contributed by atoms with Crippen molar-refractivity contribution in [2.75, 3.05) is 10.6 Å². The smallest absolute Gasteiger partial charge is 0.326 e. The molecule has 0 fully saturated rings. The minimum Gasteiger partial charge on any atom is -0.326 e. The molecule has 8 nitrogen and oxygen atoms in total. The zero-order chi connectivity index (χ0) is 19.6. The number of amides is 2. The Bertz CT molecular complexity index is 1080. The van der Waals surface area contributed by atoms with Gasteiger partial charge in [-0.25, -0.2) is 9.78 Å². The van der Waals surface area contributed by atoms with E-state index < -0.39 is 0 Å². The Balaban J connectivity index is 1.59. The summed E-state index contributed by atoms with van der Waals surface area (Å²) in [6, 6.07) is 10.8. The number of pyridine rings is 1. The van der Waals surface area contributed by atoms with Crippen LogP contribution in [0.1, 0.15) is 18.4 Å². The number of benzene rings is 1. The molecular weight excluding hydrogens is 346 g/mol. The molecule has 0 radical (unpaired) electrons. The fourth-order valence-electron chi connectivity index (χ4n) is 2.82. The minimum absolute atomic E-state index is 0.0328. The van der Waals surface area contributed by atoms with Gasteiger partial charge in [-0.05, 0) is 36.8 Å². The van der Waals surface area contributed by atoms with Crippen molar-refractivity contribution in [3.63, 3.8) is 0 Å². The zero-order valence-electron chi connectivity index (χ0n) is 15.4. The molecule has 2 N–H and O–H groups in total. The van der Waals surface area contributed by atoms with Gasteiger partial charge in [0.1, 0.15) is 5.82 Å². The Labute approximate surface area is 155 Å². The molecule has 3 rings (SSSR count). The van der Waals surface area contributed by atoms with Gasteiger partial charge in [0, 0.05) is 32.6 Å². The molecule has 0 aliphatic carbocycles. The summed E-state index contributed by atoms with van der Waals surface area (Å²) in [6.07, 6.45) is 0.0942. The highest BCUT2D eigenvalue weighted by molar-refractivity contribution is 5.96. The van der Waals surface area contributed by atoms with Gasteiger partial charge >= 0.3 is 5.69 Å².